The van der Waals surface area contributed by atoms with Crippen molar-refractivity contribution in [2.45, 2.75) is 31.7 Å². The van der Waals surface area contributed by atoms with Gasteiger partial charge >= 0.3 is 5.97 Å². The number of amides is 1. The van der Waals surface area contributed by atoms with Crippen LogP contribution in [0.2, 0.25) is 5.02 Å². The summed E-state index contributed by atoms with van der Waals surface area (Å²) in [4.78, 5) is 25.6. The lowest BCUT2D eigenvalue weighted by molar-refractivity contribution is -0.150. The van der Waals surface area contributed by atoms with Gasteiger partial charge in [0.05, 0.1) is 5.56 Å². The number of nitrogens with zero attached hydrogens (tertiary/aromatic N) is 1. The minimum absolute atomic E-state index is 0.302. The standard InChI is InChI=1S/C14H15BrClNO3/c1-14(13(19)20)6-2-3-7-17(14)12(18)10-8-9(16)4-5-11(10)15/h4-5,8H,2-3,6-7H2,1H3,(H,19,20). The van der Waals surface area contributed by atoms with Gasteiger partial charge < -0.3 is 10.0 Å². The van der Waals surface area contributed by atoms with Crippen LogP contribution in [0.3, 0.4) is 0 Å². The SMILES string of the molecule is CC1(C(=O)O)CCCCN1C(=O)c1cc(Cl)ccc1Br. The molecule has 2 rings (SSSR count). The lowest BCUT2D eigenvalue weighted by atomic mass is 9.88. The van der Waals surface area contributed by atoms with Crippen LogP contribution in [0, 0.1) is 0 Å². The highest BCUT2D eigenvalue weighted by molar-refractivity contribution is 9.10. The molecule has 1 aromatic rings. The summed E-state index contributed by atoms with van der Waals surface area (Å²) in [6.07, 6.45) is 2.09. The van der Waals surface area contributed by atoms with Crippen molar-refractivity contribution in [2.75, 3.05) is 6.54 Å². The zero-order chi connectivity index (χ0) is 14.9. The van der Waals surface area contributed by atoms with E-state index in [2.05, 4.69) is 15.9 Å². The molecule has 1 aliphatic heterocycles. The summed E-state index contributed by atoms with van der Waals surface area (Å²) < 4.78 is 0.616. The van der Waals surface area contributed by atoms with Gasteiger partial charge in [-0.2, -0.15) is 0 Å². The number of carbonyl (C=O) groups excluding carboxylic acids is 1. The Balaban J connectivity index is 2.40. The van der Waals surface area contributed by atoms with E-state index in [1.807, 2.05) is 0 Å². The van der Waals surface area contributed by atoms with E-state index in [9.17, 15) is 14.7 Å². The number of likely N-dealkylation sites (tertiary alicyclic amines) is 1. The molecule has 0 aliphatic carbocycles. The number of halogens is 2. The summed E-state index contributed by atoms with van der Waals surface area (Å²) in [5, 5.41) is 9.91. The molecule has 1 N–H and O–H groups in total. The maximum absolute atomic E-state index is 12.7. The lowest BCUT2D eigenvalue weighted by Crippen LogP contribution is -2.57. The fourth-order valence-electron chi connectivity index (χ4n) is 2.48. The maximum Gasteiger partial charge on any atom is 0.329 e. The van der Waals surface area contributed by atoms with Crippen molar-refractivity contribution in [2.24, 2.45) is 0 Å². The fourth-order valence-corrected chi connectivity index (χ4v) is 3.06. The number of carboxylic acids is 1. The molecule has 1 heterocycles. The Bertz CT molecular complexity index is 563. The first-order chi connectivity index (χ1) is 9.36. The molecule has 1 saturated heterocycles. The van der Waals surface area contributed by atoms with Crippen LogP contribution in [0.15, 0.2) is 22.7 Å². The minimum atomic E-state index is -1.16. The normalized spacial score (nSPS) is 22.6. The quantitative estimate of drug-likeness (QED) is 0.877. The van der Waals surface area contributed by atoms with Gasteiger partial charge in [-0.3, -0.25) is 4.79 Å². The Kier molecular flexibility index (Phi) is 4.39. The van der Waals surface area contributed by atoms with Crippen molar-refractivity contribution in [3.63, 3.8) is 0 Å². The topological polar surface area (TPSA) is 57.6 Å². The molecule has 6 heteroatoms. The molecule has 4 nitrogen and oxygen atoms in total. The van der Waals surface area contributed by atoms with Gasteiger partial charge in [0.25, 0.3) is 5.91 Å². The van der Waals surface area contributed by atoms with E-state index < -0.39 is 11.5 Å². The molecular formula is C14H15BrClNO3. The second-order valence-corrected chi connectivity index (χ2v) is 6.41. The monoisotopic (exact) mass is 359 g/mol. The van der Waals surface area contributed by atoms with Crippen LogP contribution in [-0.2, 0) is 4.79 Å². The van der Waals surface area contributed by atoms with Crippen LogP contribution >= 0.6 is 27.5 Å². The van der Waals surface area contributed by atoms with E-state index >= 15 is 0 Å². The first-order valence-corrected chi connectivity index (χ1v) is 7.54. The van der Waals surface area contributed by atoms with Gasteiger partial charge in [0.1, 0.15) is 5.54 Å². The molecule has 1 fully saturated rings. The van der Waals surface area contributed by atoms with E-state index in [-0.39, 0.29) is 5.91 Å². The molecule has 1 atom stereocenters. The zero-order valence-electron chi connectivity index (χ0n) is 11.0. The van der Waals surface area contributed by atoms with Gasteiger partial charge in [0.2, 0.25) is 0 Å². The molecule has 0 aromatic heterocycles. The number of carboxylic acid groups (broad SMARTS) is 1. The molecular weight excluding hydrogens is 346 g/mol. The van der Waals surface area contributed by atoms with Gasteiger partial charge in [0, 0.05) is 16.0 Å². The summed E-state index contributed by atoms with van der Waals surface area (Å²) in [5.74, 6) is -1.27. The van der Waals surface area contributed by atoms with Crippen molar-refractivity contribution < 1.29 is 14.7 Å². The van der Waals surface area contributed by atoms with Crippen LogP contribution in [0.4, 0.5) is 0 Å². The molecule has 1 aromatic carbocycles. The third-order valence-corrected chi connectivity index (χ3v) is 4.68. The lowest BCUT2D eigenvalue weighted by Gasteiger charge is -2.41. The number of benzene rings is 1. The van der Waals surface area contributed by atoms with Crippen molar-refractivity contribution in [3.05, 3.63) is 33.3 Å². The summed E-state index contributed by atoms with van der Waals surface area (Å²) in [6, 6.07) is 4.93. The number of carbonyl (C=O) groups is 2. The van der Waals surface area contributed by atoms with Crippen LogP contribution < -0.4 is 0 Å². The van der Waals surface area contributed by atoms with Crippen LogP contribution in [0.25, 0.3) is 0 Å². The average Bonchev–Trinajstić information content (AvgIpc) is 2.41. The third kappa shape index (κ3) is 2.69. The first kappa shape index (κ1) is 15.3. The number of piperidine rings is 1. The van der Waals surface area contributed by atoms with Crippen LogP contribution in [-0.4, -0.2) is 34.0 Å². The highest BCUT2D eigenvalue weighted by atomic mass is 79.9. The summed E-state index contributed by atoms with van der Waals surface area (Å²) >= 11 is 9.24. The van der Waals surface area contributed by atoms with Crippen LogP contribution in [0.1, 0.15) is 36.5 Å². The Morgan fingerprint density at radius 2 is 2.10 bits per heavy atom. The Morgan fingerprint density at radius 3 is 2.75 bits per heavy atom. The highest BCUT2D eigenvalue weighted by Gasteiger charge is 2.44. The first-order valence-electron chi connectivity index (χ1n) is 6.36. The second kappa shape index (κ2) is 5.74. The predicted molar refractivity (Wildman–Crippen MR) is 80.1 cm³/mol. The van der Waals surface area contributed by atoms with Crippen molar-refractivity contribution in [3.8, 4) is 0 Å². The van der Waals surface area contributed by atoms with Gasteiger partial charge in [-0.25, -0.2) is 4.79 Å². The molecule has 1 aliphatic rings. The smallest absolute Gasteiger partial charge is 0.329 e. The van der Waals surface area contributed by atoms with Gasteiger partial charge in [-0.15, -0.1) is 0 Å². The summed E-state index contributed by atoms with van der Waals surface area (Å²) in [6.45, 7) is 2.05. The van der Waals surface area contributed by atoms with Gasteiger partial charge in [-0.1, -0.05) is 11.6 Å². The molecule has 0 bridgehead atoms. The minimum Gasteiger partial charge on any atom is -0.480 e. The average molecular weight is 361 g/mol. The van der Waals surface area contributed by atoms with Crippen LogP contribution in [0.5, 0.6) is 0 Å². The van der Waals surface area contributed by atoms with Crippen molar-refractivity contribution >= 4 is 39.4 Å². The van der Waals surface area contributed by atoms with Crippen molar-refractivity contribution in [1.29, 1.82) is 0 Å². The van der Waals surface area contributed by atoms with Gasteiger partial charge in [0.15, 0.2) is 0 Å². The molecule has 1 unspecified atom stereocenters. The highest BCUT2D eigenvalue weighted by Crippen LogP contribution is 2.32. The number of hydrogen-bond acceptors (Lipinski definition) is 2. The van der Waals surface area contributed by atoms with E-state index in [0.717, 1.165) is 12.8 Å². The molecule has 0 saturated carbocycles. The van der Waals surface area contributed by atoms with Gasteiger partial charge in [-0.05, 0) is 60.3 Å². The largest absolute Gasteiger partial charge is 0.480 e. The van der Waals surface area contributed by atoms with E-state index in [1.54, 1.807) is 25.1 Å². The Labute approximate surface area is 130 Å². The Morgan fingerprint density at radius 1 is 1.40 bits per heavy atom. The number of aliphatic carboxylic acids is 1. The maximum atomic E-state index is 12.7. The zero-order valence-corrected chi connectivity index (χ0v) is 13.4. The summed E-state index contributed by atoms with van der Waals surface area (Å²) in [5.41, 5.74) is -0.760. The van der Waals surface area contributed by atoms with Crippen molar-refractivity contribution in [1.82, 2.24) is 4.90 Å². The molecule has 108 valence electrons. The Hall–Kier alpha value is -1.07. The van der Waals surface area contributed by atoms with E-state index in [0.29, 0.717) is 28.0 Å². The van der Waals surface area contributed by atoms with E-state index in [1.165, 1.54) is 4.90 Å². The number of rotatable bonds is 2. The molecule has 1 amide bonds. The predicted octanol–water partition coefficient (Wildman–Crippen LogP) is 3.57. The fraction of sp³-hybridized carbons (Fsp3) is 0.429. The molecule has 0 spiro atoms. The van der Waals surface area contributed by atoms with E-state index in [4.69, 9.17) is 11.6 Å². The third-order valence-electron chi connectivity index (χ3n) is 3.76. The second-order valence-electron chi connectivity index (χ2n) is 5.12. The molecule has 0 radical (unpaired) electrons. The molecule has 20 heavy (non-hydrogen) atoms. The summed E-state index contributed by atoms with van der Waals surface area (Å²) in [7, 11) is 0. The number of hydrogen-bond donors (Lipinski definition) is 1.